The van der Waals surface area contributed by atoms with Crippen molar-refractivity contribution < 1.29 is 9.53 Å². The number of hydrogen-bond acceptors (Lipinski definition) is 5. The summed E-state index contributed by atoms with van der Waals surface area (Å²) in [5.41, 5.74) is 3.42. The van der Waals surface area contributed by atoms with Gasteiger partial charge in [0.05, 0.1) is 22.8 Å². The molecule has 0 radical (unpaired) electrons. The summed E-state index contributed by atoms with van der Waals surface area (Å²) in [6.45, 7) is 2.45. The highest BCUT2D eigenvalue weighted by atomic mass is 35.5. The molecule has 0 aliphatic rings. The van der Waals surface area contributed by atoms with Crippen molar-refractivity contribution in [3.63, 3.8) is 0 Å². The number of fused-ring (bicyclic) bond motifs is 1. The molecule has 1 aromatic carbocycles. The van der Waals surface area contributed by atoms with E-state index in [1.54, 1.807) is 29.1 Å². The minimum atomic E-state index is -0.615. The maximum absolute atomic E-state index is 12.4. The number of hydrogen-bond donors (Lipinski definition) is 0. The van der Waals surface area contributed by atoms with Crippen LogP contribution in [0.15, 0.2) is 30.5 Å². The summed E-state index contributed by atoms with van der Waals surface area (Å²) >= 11 is 12.1. The van der Waals surface area contributed by atoms with Crippen LogP contribution in [0.3, 0.4) is 0 Å². The molecule has 1 unspecified atom stereocenters. The lowest BCUT2D eigenvalue weighted by molar-refractivity contribution is -0.147. The molecule has 0 bridgehead atoms. The van der Waals surface area contributed by atoms with Crippen molar-refractivity contribution in [3.05, 3.63) is 57.3 Å². The number of halogens is 2. The lowest BCUT2D eigenvalue weighted by atomic mass is 10.0. The largest absolute Gasteiger partial charge is 0.468 e. The van der Waals surface area contributed by atoms with Gasteiger partial charge in [0, 0.05) is 25.2 Å². The first-order valence-corrected chi connectivity index (χ1v) is 9.08. The molecule has 0 saturated carbocycles. The molecular formula is C19H20Cl2N4O2. The molecule has 2 heterocycles. The van der Waals surface area contributed by atoms with Gasteiger partial charge in [0.2, 0.25) is 0 Å². The first-order valence-electron chi connectivity index (χ1n) is 8.33. The zero-order valence-electron chi connectivity index (χ0n) is 15.5. The second kappa shape index (κ2) is 7.84. The summed E-state index contributed by atoms with van der Waals surface area (Å²) in [4.78, 5) is 18.8. The number of nitrogens with zero attached hydrogens (tertiary/aromatic N) is 4. The third-order valence-electron chi connectivity index (χ3n) is 4.48. The van der Waals surface area contributed by atoms with E-state index in [1.165, 1.54) is 7.11 Å². The molecule has 0 aliphatic heterocycles. The first-order chi connectivity index (χ1) is 12.8. The molecule has 0 amide bonds. The lowest BCUT2D eigenvalue weighted by Gasteiger charge is -2.26. The molecule has 0 spiro atoms. The van der Waals surface area contributed by atoms with Gasteiger partial charge in [-0.15, -0.1) is 0 Å². The van der Waals surface area contributed by atoms with Crippen LogP contribution in [0.4, 0.5) is 0 Å². The highest BCUT2D eigenvalue weighted by molar-refractivity contribution is 6.42. The number of methoxy groups -OCH3 is 1. The highest BCUT2D eigenvalue weighted by Crippen LogP contribution is 2.29. The third kappa shape index (κ3) is 3.93. The number of aromatic nitrogens is 3. The zero-order chi connectivity index (χ0) is 19.7. The number of rotatable bonds is 5. The van der Waals surface area contributed by atoms with Gasteiger partial charge in [0.1, 0.15) is 6.04 Å². The second-order valence-corrected chi connectivity index (χ2v) is 7.25. The highest BCUT2D eigenvalue weighted by Gasteiger charge is 2.27. The van der Waals surface area contributed by atoms with Crippen LogP contribution >= 0.6 is 23.2 Å². The SMILES string of the molecule is COC(=O)C(c1ccc(Cl)c(Cl)c1)N(C)Cc1cnc2c(c1)c(C)nn2C. The Balaban J connectivity index is 1.92. The van der Waals surface area contributed by atoms with Crippen molar-refractivity contribution in [3.8, 4) is 0 Å². The fourth-order valence-corrected chi connectivity index (χ4v) is 3.49. The Hall–Kier alpha value is -2.15. The van der Waals surface area contributed by atoms with Crippen LogP contribution in [0.5, 0.6) is 0 Å². The zero-order valence-corrected chi connectivity index (χ0v) is 17.0. The molecule has 1 atom stereocenters. The maximum Gasteiger partial charge on any atom is 0.327 e. The Bertz CT molecular complexity index is 1000. The monoisotopic (exact) mass is 406 g/mol. The van der Waals surface area contributed by atoms with Gasteiger partial charge in [-0.05, 0) is 43.3 Å². The summed E-state index contributed by atoms with van der Waals surface area (Å²) in [6.07, 6.45) is 1.79. The smallest absolute Gasteiger partial charge is 0.327 e. The van der Waals surface area contributed by atoms with Gasteiger partial charge in [-0.3, -0.25) is 9.58 Å². The molecule has 6 nitrogen and oxygen atoms in total. The topological polar surface area (TPSA) is 60.2 Å². The Kier molecular flexibility index (Phi) is 5.69. The predicted octanol–water partition coefficient (Wildman–Crippen LogP) is 3.93. The van der Waals surface area contributed by atoms with E-state index in [0.717, 1.165) is 22.3 Å². The summed E-state index contributed by atoms with van der Waals surface area (Å²) in [5, 5.41) is 6.22. The van der Waals surface area contributed by atoms with E-state index >= 15 is 0 Å². The molecule has 3 aromatic rings. The summed E-state index contributed by atoms with van der Waals surface area (Å²) in [7, 11) is 5.09. The van der Waals surface area contributed by atoms with E-state index in [2.05, 4.69) is 10.1 Å². The summed E-state index contributed by atoms with van der Waals surface area (Å²) < 4.78 is 6.76. The van der Waals surface area contributed by atoms with E-state index in [9.17, 15) is 4.79 Å². The van der Waals surface area contributed by atoms with Crippen LogP contribution in [0.1, 0.15) is 22.9 Å². The van der Waals surface area contributed by atoms with Gasteiger partial charge in [-0.1, -0.05) is 29.3 Å². The molecule has 27 heavy (non-hydrogen) atoms. The van der Waals surface area contributed by atoms with E-state index < -0.39 is 6.04 Å². The Labute approximate surface area is 167 Å². The van der Waals surface area contributed by atoms with Crippen LogP contribution in [0.2, 0.25) is 10.0 Å². The number of pyridine rings is 1. The van der Waals surface area contributed by atoms with Crippen molar-refractivity contribution in [1.29, 1.82) is 0 Å². The number of carbonyl (C=O) groups excluding carboxylic acids is 1. The van der Waals surface area contributed by atoms with E-state index in [4.69, 9.17) is 27.9 Å². The van der Waals surface area contributed by atoms with Gasteiger partial charge in [0.15, 0.2) is 5.65 Å². The van der Waals surface area contributed by atoms with Gasteiger partial charge < -0.3 is 4.74 Å². The minimum absolute atomic E-state index is 0.373. The van der Waals surface area contributed by atoms with Crippen molar-refractivity contribution >= 4 is 40.2 Å². The van der Waals surface area contributed by atoms with Crippen LogP contribution < -0.4 is 0 Å². The molecular weight excluding hydrogens is 387 g/mol. The third-order valence-corrected chi connectivity index (χ3v) is 5.22. The average molecular weight is 407 g/mol. The number of aryl methyl sites for hydroxylation is 2. The number of likely N-dealkylation sites (N-methyl/N-ethyl adjacent to an activating group) is 1. The van der Waals surface area contributed by atoms with E-state index in [1.807, 2.05) is 32.0 Å². The van der Waals surface area contributed by atoms with Crippen LogP contribution in [-0.2, 0) is 23.1 Å². The van der Waals surface area contributed by atoms with Gasteiger partial charge in [-0.2, -0.15) is 5.10 Å². The minimum Gasteiger partial charge on any atom is -0.468 e. The van der Waals surface area contributed by atoms with Crippen LogP contribution in [0, 0.1) is 6.92 Å². The molecule has 142 valence electrons. The molecule has 2 aromatic heterocycles. The van der Waals surface area contributed by atoms with Crippen molar-refractivity contribution in [2.45, 2.75) is 19.5 Å². The van der Waals surface area contributed by atoms with Crippen molar-refractivity contribution in [2.24, 2.45) is 7.05 Å². The predicted molar refractivity (Wildman–Crippen MR) is 106 cm³/mol. The Morgan fingerprint density at radius 1 is 1.30 bits per heavy atom. The number of esters is 1. The quantitative estimate of drug-likeness (QED) is 0.600. The maximum atomic E-state index is 12.4. The fourth-order valence-electron chi connectivity index (χ4n) is 3.18. The van der Waals surface area contributed by atoms with Crippen molar-refractivity contribution in [2.75, 3.05) is 14.2 Å². The summed E-state index contributed by atoms with van der Waals surface area (Å²) in [5.74, 6) is -0.373. The van der Waals surface area contributed by atoms with Gasteiger partial charge in [-0.25, -0.2) is 9.78 Å². The molecule has 0 fully saturated rings. The van der Waals surface area contributed by atoms with Gasteiger partial charge in [0.25, 0.3) is 0 Å². The molecule has 3 rings (SSSR count). The normalized spacial score (nSPS) is 12.6. The first kappa shape index (κ1) is 19.6. The van der Waals surface area contributed by atoms with E-state index in [-0.39, 0.29) is 5.97 Å². The number of benzene rings is 1. The Morgan fingerprint density at radius 3 is 2.70 bits per heavy atom. The standard InChI is InChI=1S/C19H20Cl2N4O2/c1-11-14-7-12(9-22-18(14)25(3)23-11)10-24(2)17(19(26)27-4)13-5-6-15(20)16(21)8-13/h5-9,17H,10H2,1-4H3. The molecule has 0 aliphatic carbocycles. The van der Waals surface area contributed by atoms with Gasteiger partial charge >= 0.3 is 5.97 Å². The second-order valence-electron chi connectivity index (χ2n) is 6.44. The average Bonchev–Trinajstić information content (AvgIpc) is 2.91. The van der Waals surface area contributed by atoms with Crippen molar-refractivity contribution in [1.82, 2.24) is 19.7 Å². The summed E-state index contributed by atoms with van der Waals surface area (Å²) in [6, 6.07) is 6.57. The van der Waals surface area contributed by atoms with Crippen LogP contribution in [-0.4, -0.2) is 39.8 Å². The number of carbonyl (C=O) groups is 1. The Morgan fingerprint density at radius 2 is 2.04 bits per heavy atom. The van der Waals surface area contributed by atoms with Crippen LogP contribution in [0.25, 0.3) is 11.0 Å². The van der Waals surface area contributed by atoms with E-state index in [0.29, 0.717) is 22.2 Å². The molecule has 8 heteroatoms. The molecule has 0 saturated heterocycles. The fraction of sp³-hybridized carbons (Fsp3) is 0.316. The molecule has 0 N–H and O–H groups in total. The number of ether oxygens (including phenoxy) is 1. The lowest BCUT2D eigenvalue weighted by Crippen LogP contribution is -2.31.